The van der Waals surface area contributed by atoms with Crippen molar-refractivity contribution in [3.05, 3.63) is 29.8 Å². The quantitative estimate of drug-likeness (QED) is 0.446. The second kappa shape index (κ2) is 11.0. The van der Waals surface area contributed by atoms with Crippen LogP contribution in [0, 0.1) is 0 Å². The van der Waals surface area contributed by atoms with Gasteiger partial charge in [0.2, 0.25) is 11.0 Å². The van der Waals surface area contributed by atoms with Gasteiger partial charge in [-0.3, -0.25) is 4.79 Å². The number of hydrogen-bond acceptors (Lipinski definition) is 8. The Morgan fingerprint density at radius 1 is 1.23 bits per heavy atom. The van der Waals surface area contributed by atoms with Crippen LogP contribution in [0.1, 0.15) is 12.5 Å². The van der Waals surface area contributed by atoms with E-state index in [4.69, 9.17) is 9.47 Å². The highest BCUT2D eigenvalue weighted by Gasteiger charge is 2.16. The van der Waals surface area contributed by atoms with E-state index in [0.717, 1.165) is 27.2 Å². The number of anilines is 1. The third-order valence-electron chi connectivity index (χ3n) is 3.51. The minimum atomic E-state index is -0.231. The molecule has 7 nitrogen and oxygen atoms in total. The summed E-state index contributed by atoms with van der Waals surface area (Å²) in [5.74, 6) is 0.823. The first-order valence-corrected chi connectivity index (χ1v) is 9.95. The van der Waals surface area contributed by atoms with Crippen molar-refractivity contribution in [3.63, 3.8) is 0 Å². The minimum absolute atomic E-state index is 0.00685. The zero-order valence-corrected chi connectivity index (χ0v) is 16.8. The van der Waals surface area contributed by atoms with Crippen LogP contribution in [-0.2, 0) is 16.0 Å². The number of aromatic nitrogens is 2. The Kier molecular flexibility index (Phi) is 8.66. The highest BCUT2D eigenvalue weighted by molar-refractivity contribution is 8.02. The fourth-order valence-corrected chi connectivity index (χ4v) is 4.01. The molecule has 0 fully saturated rings. The Morgan fingerprint density at radius 2 is 2.00 bits per heavy atom. The molecule has 0 spiro atoms. The van der Waals surface area contributed by atoms with Gasteiger partial charge in [0.25, 0.3) is 0 Å². The summed E-state index contributed by atoms with van der Waals surface area (Å²) < 4.78 is 10.9. The van der Waals surface area contributed by atoms with E-state index < -0.39 is 0 Å². The Hall–Kier alpha value is -1.84. The summed E-state index contributed by atoms with van der Waals surface area (Å²) in [6, 6.07) is 7.84. The average Bonchev–Trinajstić information content (AvgIpc) is 3.09. The molecule has 26 heavy (non-hydrogen) atoms. The molecule has 0 aliphatic heterocycles. The molecular formula is C17H24N4O3S2. The molecule has 9 heteroatoms. The van der Waals surface area contributed by atoms with E-state index in [0.29, 0.717) is 19.7 Å². The Bertz CT molecular complexity index is 679. The monoisotopic (exact) mass is 396 g/mol. The fraction of sp³-hybridized carbons (Fsp3) is 0.471. The lowest BCUT2D eigenvalue weighted by Gasteiger charge is -2.10. The summed E-state index contributed by atoms with van der Waals surface area (Å²) in [6.07, 6.45) is 0.777. The highest BCUT2D eigenvalue weighted by Crippen LogP contribution is 2.28. The SMILES string of the molecule is COCCNc1nnc(SC(C)C(=O)NCCc2ccc(OC)cc2)s1. The van der Waals surface area contributed by atoms with Gasteiger partial charge in [-0.25, -0.2) is 0 Å². The van der Waals surface area contributed by atoms with Crippen LogP contribution in [0.2, 0.25) is 0 Å². The summed E-state index contributed by atoms with van der Waals surface area (Å²) in [5, 5.41) is 14.7. The molecule has 0 saturated heterocycles. The first-order valence-electron chi connectivity index (χ1n) is 8.26. The van der Waals surface area contributed by atoms with Crippen molar-refractivity contribution in [2.24, 2.45) is 0 Å². The number of methoxy groups -OCH3 is 2. The predicted molar refractivity (Wildman–Crippen MR) is 105 cm³/mol. The molecule has 0 bridgehead atoms. The van der Waals surface area contributed by atoms with Gasteiger partial charge in [-0.1, -0.05) is 35.2 Å². The van der Waals surface area contributed by atoms with Gasteiger partial charge < -0.3 is 20.1 Å². The minimum Gasteiger partial charge on any atom is -0.497 e. The number of nitrogens with one attached hydrogen (secondary N) is 2. The molecule has 2 N–H and O–H groups in total. The van der Waals surface area contributed by atoms with Crippen LogP contribution < -0.4 is 15.4 Å². The fourth-order valence-electron chi connectivity index (χ4n) is 2.06. The highest BCUT2D eigenvalue weighted by atomic mass is 32.2. The van der Waals surface area contributed by atoms with E-state index in [1.165, 1.54) is 23.1 Å². The molecule has 0 aliphatic rings. The van der Waals surface area contributed by atoms with E-state index in [1.807, 2.05) is 31.2 Å². The number of rotatable bonds is 11. The van der Waals surface area contributed by atoms with Gasteiger partial charge in [0, 0.05) is 20.2 Å². The lowest BCUT2D eigenvalue weighted by atomic mass is 10.1. The maximum absolute atomic E-state index is 12.2. The molecule has 0 radical (unpaired) electrons. The molecule has 1 amide bonds. The van der Waals surface area contributed by atoms with Crippen LogP contribution in [0.3, 0.4) is 0 Å². The molecule has 2 rings (SSSR count). The van der Waals surface area contributed by atoms with Crippen molar-refractivity contribution < 1.29 is 14.3 Å². The second-order valence-electron chi connectivity index (χ2n) is 5.44. The molecule has 2 aromatic rings. The maximum Gasteiger partial charge on any atom is 0.233 e. The van der Waals surface area contributed by atoms with E-state index in [9.17, 15) is 4.79 Å². The van der Waals surface area contributed by atoms with Crippen LogP contribution in [-0.4, -0.2) is 55.3 Å². The van der Waals surface area contributed by atoms with Crippen molar-refractivity contribution in [3.8, 4) is 5.75 Å². The summed E-state index contributed by atoms with van der Waals surface area (Å²) in [7, 11) is 3.29. The van der Waals surface area contributed by atoms with Gasteiger partial charge in [-0.05, 0) is 31.0 Å². The summed E-state index contributed by atoms with van der Waals surface area (Å²) in [4.78, 5) is 12.2. The number of nitrogens with zero attached hydrogens (tertiary/aromatic N) is 2. The maximum atomic E-state index is 12.2. The van der Waals surface area contributed by atoms with Gasteiger partial charge in [0.05, 0.1) is 19.0 Å². The Labute approximate surface area is 161 Å². The number of carbonyl (C=O) groups excluding carboxylic acids is 1. The van der Waals surface area contributed by atoms with Crippen molar-refractivity contribution in [2.45, 2.75) is 22.9 Å². The third-order valence-corrected chi connectivity index (χ3v) is 5.57. The van der Waals surface area contributed by atoms with Crippen molar-refractivity contribution in [2.75, 3.05) is 39.2 Å². The van der Waals surface area contributed by atoms with E-state index in [-0.39, 0.29) is 11.2 Å². The zero-order valence-electron chi connectivity index (χ0n) is 15.2. The number of hydrogen-bond donors (Lipinski definition) is 2. The van der Waals surface area contributed by atoms with Crippen molar-refractivity contribution in [1.29, 1.82) is 0 Å². The summed E-state index contributed by atoms with van der Waals surface area (Å²) in [5.41, 5.74) is 1.15. The first-order chi connectivity index (χ1) is 12.6. The van der Waals surface area contributed by atoms with Crippen LogP contribution >= 0.6 is 23.1 Å². The van der Waals surface area contributed by atoms with Gasteiger partial charge in [-0.2, -0.15) is 0 Å². The van der Waals surface area contributed by atoms with Gasteiger partial charge in [-0.15, -0.1) is 10.2 Å². The second-order valence-corrected chi connectivity index (χ2v) is 8.01. The largest absolute Gasteiger partial charge is 0.497 e. The normalized spacial score (nSPS) is 11.8. The predicted octanol–water partition coefficient (Wildman–Crippen LogP) is 2.44. The molecule has 0 aliphatic carbocycles. The average molecular weight is 397 g/mol. The third kappa shape index (κ3) is 6.81. The van der Waals surface area contributed by atoms with Gasteiger partial charge in [0.15, 0.2) is 4.34 Å². The molecule has 1 aromatic carbocycles. The number of ether oxygens (including phenoxy) is 2. The summed E-state index contributed by atoms with van der Waals surface area (Å²) >= 11 is 2.84. The zero-order chi connectivity index (χ0) is 18.8. The topological polar surface area (TPSA) is 85.4 Å². The number of benzene rings is 1. The first kappa shape index (κ1) is 20.5. The van der Waals surface area contributed by atoms with E-state index >= 15 is 0 Å². The molecular weight excluding hydrogens is 372 g/mol. The number of thioether (sulfide) groups is 1. The molecule has 142 valence electrons. The van der Waals surface area contributed by atoms with Crippen molar-refractivity contribution >= 4 is 34.1 Å². The molecule has 1 heterocycles. The Morgan fingerprint density at radius 3 is 2.69 bits per heavy atom. The van der Waals surface area contributed by atoms with Gasteiger partial charge >= 0.3 is 0 Å². The van der Waals surface area contributed by atoms with Gasteiger partial charge in [0.1, 0.15) is 5.75 Å². The van der Waals surface area contributed by atoms with Crippen LogP contribution in [0.5, 0.6) is 5.75 Å². The Balaban J connectivity index is 1.71. The van der Waals surface area contributed by atoms with Crippen molar-refractivity contribution in [1.82, 2.24) is 15.5 Å². The standard InChI is InChI=1S/C17H24N4O3S2/c1-12(25-17-21-20-16(26-17)19-10-11-23-2)15(22)18-9-8-13-4-6-14(24-3)7-5-13/h4-7,12H,8-11H2,1-3H3,(H,18,22)(H,19,20). The van der Waals surface area contributed by atoms with Crippen LogP contribution in [0.15, 0.2) is 28.6 Å². The number of carbonyl (C=O) groups is 1. The lowest BCUT2D eigenvalue weighted by Crippen LogP contribution is -2.32. The number of amides is 1. The molecule has 1 aromatic heterocycles. The van der Waals surface area contributed by atoms with E-state index in [2.05, 4.69) is 20.8 Å². The smallest absolute Gasteiger partial charge is 0.233 e. The van der Waals surface area contributed by atoms with Crippen LogP contribution in [0.4, 0.5) is 5.13 Å². The van der Waals surface area contributed by atoms with E-state index in [1.54, 1.807) is 14.2 Å². The van der Waals surface area contributed by atoms with Crippen LogP contribution in [0.25, 0.3) is 0 Å². The summed E-state index contributed by atoms with van der Waals surface area (Å²) in [6.45, 7) is 3.75. The molecule has 1 atom stereocenters. The molecule has 0 saturated carbocycles. The molecule has 1 unspecified atom stereocenters. The lowest BCUT2D eigenvalue weighted by molar-refractivity contribution is -0.120.